The first-order valence-electron chi connectivity index (χ1n) is 5.45. The molecule has 0 aliphatic carbocycles. The van der Waals surface area contributed by atoms with Crippen LogP contribution in [0.5, 0.6) is 0 Å². The van der Waals surface area contributed by atoms with Gasteiger partial charge in [-0.25, -0.2) is 0 Å². The molecule has 0 aromatic heterocycles. The zero-order valence-electron chi connectivity index (χ0n) is 9.67. The van der Waals surface area contributed by atoms with E-state index in [4.69, 9.17) is 33.7 Å². The van der Waals surface area contributed by atoms with E-state index in [2.05, 4.69) is 5.32 Å². The molecular weight excluding hydrogens is 275 g/mol. The summed E-state index contributed by atoms with van der Waals surface area (Å²) in [6.45, 7) is 0.148. The van der Waals surface area contributed by atoms with Crippen molar-refractivity contribution in [2.45, 2.75) is 12.8 Å². The Morgan fingerprint density at radius 1 is 1.28 bits per heavy atom. The van der Waals surface area contributed by atoms with E-state index in [1.54, 1.807) is 18.2 Å². The normalized spacial score (nSPS) is 10.2. The lowest BCUT2D eigenvalue weighted by Gasteiger charge is -2.06. The minimum Gasteiger partial charge on any atom is -0.395 e. The van der Waals surface area contributed by atoms with Crippen molar-refractivity contribution < 1.29 is 9.90 Å². The van der Waals surface area contributed by atoms with Gasteiger partial charge in [0.25, 0.3) is 0 Å². The van der Waals surface area contributed by atoms with Crippen molar-refractivity contribution in [3.8, 4) is 0 Å². The molecule has 0 atom stereocenters. The number of nitrogens with one attached hydrogen (secondary N) is 2. The van der Waals surface area contributed by atoms with Crippen LogP contribution in [0.25, 0.3) is 0 Å². The van der Waals surface area contributed by atoms with Gasteiger partial charge in [0.15, 0.2) is 0 Å². The molecule has 4 nitrogen and oxygen atoms in total. The summed E-state index contributed by atoms with van der Waals surface area (Å²) in [5.41, 5.74) is 0.979. The fourth-order valence-electron chi connectivity index (χ4n) is 1.35. The van der Waals surface area contributed by atoms with Crippen molar-refractivity contribution in [3.63, 3.8) is 0 Å². The predicted octanol–water partition coefficient (Wildman–Crippen LogP) is 2.25. The van der Waals surface area contributed by atoms with Crippen LogP contribution in [0.4, 0.5) is 0 Å². The average Bonchev–Trinajstić information content (AvgIpc) is 2.36. The highest BCUT2D eigenvalue weighted by atomic mass is 35.5. The molecule has 98 valence electrons. The molecular formula is C12H14Cl2N2O2. The Morgan fingerprint density at radius 2 is 2.00 bits per heavy atom. The summed E-state index contributed by atoms with van der Waals surface area (Å²) in [6.07, 6.45) is 0.522. The second-order valence-corrected chi connectivity index (χ2v) is 4.50. The van der Waals surface area contributed by atoms with Crippen molar-refractivity contribution in [1.82, 2.24) is 5.32 Å². The Morgan fingerprint density at radius 3 is 2.61 bits per heavy atom. The standard InChI is InChI=1S/C12H14Cl2N2O2/c13-9-2-1-8(7-10(9)14)11(15)3-4-12(18)16-5-6-17/h1-2,7,15,17H,3-6H2,(H,16,18). The van der Waals surface area contributed by atoms with Gasteiger partial charge in [-0.15, -0.1) is 0 Å². The molecule has 0 radical (unpaired) electrons. The van der Waals surface area contributed by atoms with Crippen LogP contribution in [0.2, 0.25) is 10.0 Å². The number of aliphatic hydroxyl groups excluding tert-OH is 1. The number of amides is 1. The van der Waals surface area contributed by atoms with E-state index in [0.29, 0.717) is 27.7 Å². The first-order chi connectivity index (χ1) is 8.54. The molecule has 1 aromatic rings. The second kappa shape index (κ2) is 7.36. The third-order valence-corrected chi connectivity index (χ3v) is 3.04. The minimum atomic E-state index is -0.186. The van der Waals surface area contributed by atoms with Gasteiger partial charge in [0.2, 0.25) is 5.91 Å². The maximum atomic E-state index is 11.3. The molecule has 0 saturated carbocycles. The van der Waals surface area contributed by atoms with Gasteiger partial charge >= 0.3 is 0 Å². The summed E-state index contributed by atoms with van der Waals surface area (Å²) < 4.78 is 0. The maximum Gasteiger partial charge on any atom is 0.220 e. The summed E-state index contributed by atoms with van der Waals surface area (Å²) in [7, 11) is 0. The molecule has 0 unspecified atom stereocenters. The SMILES string of the molecule is N=C(CCC(=O)NCCO)c1ccc(Cl)c(Cl)c1. The Labute approximate surface area is 115 Å². The number of carbonyl (C=O) groups is 1. The molecule has 0 aliphatic rings. The van der Waals surface area contributed by atoms with Gasteiger partial charge in [0.1, 0.15) is 0 Å². The smallest absolute Gasteiger partial charge is 0.220 e. The Bertz CT molecular complexity index is 450. The zero-order valence-corrected chi connectivity index (χ0v) is 11.2. The molecule has 3 N–H and O–H groups in total. The topological polar surface area (TPSA) is 73.2 Å². The molecule has 0 spiro atoms. The minimum absolute atomic E-state index is 0.0873. The largest absolute Gasteiger partial charge is 0.395 e. The van der Waals surface area contributed by atoms with Gasteiger partial charge in [-0.3, -0.25) is 4.79 Å². The van der Waals surface area contributed by atoms with Gasteiger partial charge in [0.05, 0.1) is 16.7 Å². The van der Waals surface area contributed by atoms with Crippen LogP contribution in [-0.4, -0.2) is 29.9 Å². The number of rotatable bonds is 6. The van der Waals surface area contributed by atoms with Crippen LogP contribution in [0, 0.1) is 5.41 Å². The number of carbonyl (C=O) groups excluding carboxylic acids is 1. The molecule has 18 heavy (non-hydrogen) atoms. The lowest BCUT2D eigenvalue weighted by Crippen LogP contribution is -2.26. The zero-order chi connectivity index (χ0) is 13.5. The molecule has 1 rings (SSSR count). The fraction of sp³-hybridized carbons (Fsp3) is 0.333. The van der Waals surface area contributed by atoms with E-state index in [9.17, 15) is 4.79 Å². The van der Waals surface area contributed by atoms with Crippen LogP contribution < -0.4 is 5.32 Å². The molecule has 6 heteroatoms. The van der Waals surface area contributed by atoms with Crippen molar-refractivity contribution >= 4 is 34.8 Å². The van der Waals surface area contributed by atoms with E-state index in [0.717, 1.165) is 0 Å². The van der Waals surface area contributed by atoms with E-state index in [-0.39, 0.29) is 25.5 Å². The summed E-state index contributed by atoms with van der Waals surface area (Å²) in [5, 5.41) is 19.7. The van der Waals surface area contributed by atoms with Gasteiger partial charge in [-0.05, 0) is 24.1 Å². The third-order valence-electron chi connectivity index (χ3n) is 2.30. The molecule has 1 aromatic carbocycles. The Kier molecular flexibility index (Phi) is 6.12. The predicted molar refractivity (Wildman–Crippen MR) is 72.6 cm³/mol. The molecule has 0 heterocycles. The number of aliphatic hydroxyl groups is 1. The van der Waals surface area contributed by atoms with E-state index < -0.39 is 0 Å². The Balaban J connectivity index is 2.50. The summed E-state index contributed by atoms with van der Waals surface area (Å²) in [4.78, 5) is 11.3. The summed E-state index contributed by atoms with van der Waals surface area (Å²) in [5.74, 6) is -0.186. The maximum absolute atomic E-state index is 11.3. The highest BCUT2D eigenvalue weighted by Gasteiger charge is 2.07. The van der Waals surface area contributed by atoms with E-state index in [1.165, 1.54) is 0 Å². The monoisotopic (exact) mass is 288 g/mol. The third kappa shape index (κ3) is 4.64. The van der Waals surface area contributed by atoms with Crippen molar-refractivity contribution in [1.29, 1.82) is 5.41 Å². The first-order valence-corrected chi connectivity index (χ1v) is 6.20. The van der Waals surface area contributed by atoms with Gasteiger partial charge in [-0.1, -0.05) is 29.3 Å². The Hall–Kier alpha value is -1.10. The van der Waals surface area contributed by atoms with Crippen molar-refractivity contribution in [2.75, 3.05) is 13.2 Å². The van der Waals surface area contributed by atoms with E-state index >= 15 is 0 Å². The fourth-order valence-corrected chi connectivity index (χ4v) is 1.65. The van der Waals surface area contributed by atoms with Crippen LogP contribution in [-0.2, 0) is 4.79 Å². The van der Waals surface area contributed by atoms with Crippen LogP contribution >= 0.6 is 23.2 Å². The number of hydrogen-bond acceptors (Lipinski definition) is 3. The first kappa shape index (κ1) is 15.0. The molecule has 0 bridgehead atoms. The molecule has 0 aliphatic heterocycles. The average molecular weight is 289 g/mol. The van der Waals surface area contributed by atoms with Crippen LogP contribution in [0.3, 0.4) is 0 Å². The van der Waals surface area contributed by atoms with Crippen LogP contribution in [0.15, 0.2) is 18.2 Å². The van der Waals surface area contributed by atoms with E-state index in [1.807, 2.05) is 0 Å². The lowest BCUT2D eigenvalue weighted by molar-refractivity contribution is -0.121. The number of benzene rings is 1. The van der Waals surface area contributed by atoms with Crippen LogP contribution in [0.1, 0.15) is 18.4 Å². The van der Waals surface area contributed by atoms with Gasteiger partial charge < -0.3 is 15.8 Å². The number of halogens is 2. The van der Waals surface area contributed by atoms with Crippen molar-refractivity contribution in [3.05, 3.63) is 33.8 Å². The highest BCUT2D eigenvalue weighted by molar-refractivity contribution is 6.42. The van der Waals surface area contributed by atoms with Gasteiger partial charge in [0, 0.05) is 18.7 Å². The quantitative estimate of drug-likeness (QED) is 0.703. The lowest BCUT2D eigenvalue weighted by atomic mass is 10.1. The van der Waals surface area contributed by atoms with Crippen molar-refractivity contribution in [2.24, 2.45) is 0 Å². The molecule has 0 fully saturated rings. The highest BCUT2D eigenvalue weighted by Crippen LogP contribution is 2.23. The second-order valence-electron chi connectivity index (χ2n) is 3.68. The number of hydrogen-bond donors (Lipinski definition) is 3. The summed E-state index contributed by atoms with van der Waals surface area (Å²) in [6, 6.07) is 4.93. The molecule has 0 saturated heterocycles. The summed E-state index contributed by atoms with van der Waals surface area (Å²) >= 11 is 11.6. The van der Waals surface area contributed by atoms with Gasteiger partial charge in [-0.2, -0.15) is 0 Å². The molecule has 1 amide bonds.